The molecule has 1 nitrogen and oxygen atoms in total. The SMILES string of the molecule is CC(C)(C)N1CCCCCCC1c1ccccc1C1CC1. The van der Waals surface area contributed by atoms with Gasteiger partial charge in [0, 0.05) is 11.6 Å². The Balaban J connectivity index is 1.94. The molecule has 1 atom stereocenters. The van der Waals surface area contributed by atoms with Crippen LogP contribution in [-0.4, -0.2) is 17.0 Å². The van der Waals surface area contributed by atoms with Gasteiger partial charge < -0.3 is 0 Å². The van der Waals surface area contributed by atoms with E-state index < -0.39 is 0 Å². The lowest BCUT2D eigenvalue weighted by molar-refractivity contribution is 0.0655. The van der Waals surface area contributed by atoms with Crippen LogP contribution in [0.5, 0.6) is 0 Å². The maximum absolute atomic E-state index is 2.79. The summed E-state index contributed by atoms with van der Waals surface area (Å²) in [4.78, 5) is 2.79. The first kappa shape index (κ1) is 15.1. The highest BCUT2D eigenvalue weighted by atomic mass is 15.2. The Morgan fingerprint density at radius 2 is 1.52 bits per heavy atom. The van der Waals surface area contributed by atoms with Crippen LogP contribution in [0.2, 0.25) is 0 Å². The average molecular weight is 285 g/mol. The van der Waals surface area contributed by atoms with E-state index in [1.165, 1.54) is 51.5 Å². The summed E-state index contributed by atoms with van der Waals surface area (Å²) in [6.45, 7) is 8.43. The molecule has 1 heterocycles. The summed E-state index contributed by atoms with van der Waals surface area (Å²) < 4.78 is 0. The highest BCUT2D eigenvalue weighted by Crippen LogP contribution is 2.45. The van der Waals surface area contributed by atoms with E-state index >= 15 is 0 Å². The molecule has 0 spiro atoms. The van der Waals surface area contributed by atoms with Gasteiger partial charge in [0.25, 0.3) is 0 Å². The summed E-state index contributed by atoms with van der Waals surface area (Å²) in [5.74, 6) is 0.855. The summed E-state index contributed by atoms with van der Waals surface area (Å²) in [5, 5.41) is 0. The van der Waals surface area contributed by atoms with Crippen LogP contribution in [0.3, 0.4) is 0 Å². The van der Waals surface area contributed by atoms with Gasteiger partial charge in [-0.2, -0.15) is 0 Å². The fourth-order valence-electron chi connectivity index (χ4n) is 3.99. The molecule has 1 heteroatoms. The highest BCUT2D eigenvalue weighted by Gasteiger charge is 2.34. The Hall–Kier alpha value is -0.820. The molecule has 0 aromatic heterocycles. The molecule has 1 aromatic rings. The summed E-state index contributed by atoms with van der Waals surface area (Å²) in [7, 11) is 0. The quantitative estimate of drug-likeness (QED) is 0.676. The average Bonchev–Trinajstić information content (AvgIpc) is 3.21. The Morgan fingerprint density at radius 3 is 2.19 bits per heavy atom. The van der Waals surface area contributed by atoms with E-state index in [1.807, 2.05) is 0 Å². The van der Waals surface area contributed by atoms with Crippen molar-refractivity contribution in [2.45, 2.75) is 83.2 Å². The molecule has 21 heavy (non-hydrogen) atoms. The van der Waals surface area contributed by atoms with Crippen LogP contribution in [0, 0.1) is 0 Å². The molecule has 0 amide bonds. The fourth-order valence-corrected chi connectivity index (χ4v) is 3.99. The number of benzene rings is 1. The zero-order chi connectivity index (χ0) is 14.9. The van der Waals surface area contributed by atoms with E-state index in [0.29, 0.717) is 6.04 Å². The third-order valence-electron chi connectivity index (χ3n) is 5.24. The Bertz CT molecular complexity index is 467. The molecule has 1 aromatic carbocycles. The van der Waals surface area contributed by atoms with Crippen molar-refractivity contribution in [1.29, 1.82) is 0 Å². The topological polar surface area (TPSA) is 3.24 Å². The van der Waals surface area contributed by atoms with E-state index in [4.69, 9.17) is 0 Å². The van der Waals surface area contributed by atoms with Gasteiger partial charge >= 0.3 is 0 Å². The summed E-state index contributed by atoms with van der Waals surface area (Å²) in [6, 6.07) is 9.93. The number of hydrogen-bond acceptors (Lipinski definition) is 1. The summed E-state index contributed by atoms with van der Waals surface area (Å²) >= 11 is 0. The zero-order valence-electron chi connectivity index (χ0n) is 14.1. The summed E-state index contributed by atoms with van der Waals surface area (Å²) in [5.41, 5.74) is 3.55. The maximum atomic E-state index is 2.79. The van der Waals surface area contributed by atoms with Crippen LogP contribution in [-0.2, 0) is 0 Å². The van der Waals surface area contributed by atoms with Crippen molar-refractivity contribution in [3.63, 3.8) is 0 Å². The molecule has 1 saturated heterocycles. The molecular formula is C20H31N. The van der Waals surface area contributed by atoms with Crippen molar-refractivity contribution in [2.75, 3.05) is 6.54 Å². The van der Waals surface area contributed by atoms with Crippen molar-refractivity contribution < 1.29 is 0 Å². The molecule has 1 aliphatic carbocycles. The van der Waals surface area contributed by atoms with Gasteiger partial charge in [0.1, 0.15) is 0 Å². The predicted molar refractivity (Wildman–Crippen MR) is 90.7 cm³/mol. The van der Waals surface area contributed by atoms with E-state index in [9.17, 15) is 0 Å². The fraction of sp³-hybridized carbons (Fsp3) is 0.700. The second-order valence-electron chi connectivity index (χ2n) is 7.99. The van der Waals surface area contributed by atoms with Crippen molar-refractivity contribution >= 4 is 0 Å². The molecule has 0 radical (unpaired) electrons. The van der Waals surface area contributed by atoms with Crippen molar-refractivity contribution in [1.82, 2.24) is 4.90 Å². The monoisotopic (exact) mass is 285 g/mol. The minimum Gasteiger partial charge on any atom is -0.291 e. The number of hydrogen-bond donors (Lipinski definition) is 0. The Morgan fingerprint density at radius 1 is 0.857 bits per heavy atom. The van der Waals surface area contributed by atoms with Gasteiger partial charge in [-0.25, -0.2) is 0 Å². The highest BCUT2D eigenvalue weighted by molar-refractivity contribution is 5.36. The van der Waals surface area contributed by atoms with Crippen LogP contribution in [0.25, 0.3) is 0 Å². The molecular weight excluding hydrogens is 254 g/mol. The third-order valence-corrected chi connectivity index (χ3v) is 5.24. The normalized spacial score (nSPS) is 25.4. The van der Waals surface area contributed by atoms with Gasteiger partial charge in [-0.1, -0.05) is 43.5 Å². The second kappa shape index (κ2) is 6.12. The first-order chi connectivity index (χ1) is 10.1. The third kappa shape index (κ3) is 3.51. The predicted octanol–water partition coefficient (Wildman–Crippen LogP) is 5.67. The van der Waals surface area contributed by atoms with Gasteiger partial charge in [-0.15, -0.1) is 0 Å². The summed E-state index contributed by atoms with van der Waals surface area (Å²) in [6.07, 6.45) is 9.71. The Kier molecular flexibility index (Phi) is 4.40. The lowest BCUT2D eigenvalue weighted by Crippen LogP contribution is -2.45. The van der Waals surface area contributed by atoms with E-state index in [-0.39, 0.29) is 5.54 Å². The van der Waals surface area contributed by atoms with Crippen LogP contribution < -0.4 is 0 Å². The molecule has 1 unspecified atom stereocenters. The van der Waals surface area contributed by atoms with E-state index in [0.717, 1.165) is 5.92 Å². The van der Waals surface area contributed by atoms with Crippen molar-refractivity contribution in [2.24, 2.45) is 0 Å². The van der Waals surface area contributed by atoms with Crippen LogP contribution in [0.1, 0.15) is 88.8 Å². The molecule has 116 valence electrons. The molecule has 3 rings (SSSR count). The minimum absolute atomic E-state index is 0.263. The van der Waals surface area contributed by atoms with Crippen LogP contribution >= 0.6 is 0 Å². The van der Waals surface area contributed by atoms with Gasteiger partial charge in [0.2, 0.25) is 0 Å². The molecule has 2 aliphatic rings. The lowest BCUT2D eigenvalue weighted by atomic mass is 9.88. The minimum atomic E-state index is 0.263. The van der Waals surface area contributed by atoms with Gasteiger partial charge in [-0.3, -0.25) is 4.90 Å². The Labute approximate surface area is 130 Å². The van der Waals surface area contributed by atoms with Gasteiger partial charge in [-0.05, 0) is 70.0 Å². The number of rotatable bonds is 2. The van der Waals surface area contributed by atoms with Crippen molar-refractivity contribution in [3.8, 4) is 0 Å². The number of nitrogens with zero attached hydrogens (tertiary/aromatic N) is 1. The first-order valence-electron chi connectivity index (χ1n) is 8.93. The van der Waals surface area contributed by atoms with Gasteiger partial charge in [0.15, 0.2) is 0 Å². The lowest BCUT2D eigenvalue weighted by Gasteiger charge is -2.44. The molecule has 1 saturated carbocycles. The largest absolute Gasteiger partial charge is 0.291 e. The molecule has 0 bridgehead atoms. The number of likely N-dealkylation sites (tertiary alicyclic amines) is 1. The standard InChI is InChI=1S/C20H31N/c1-20(2,3)21-15-9-5-4-6-12-19(21)18-11-8-7-10-17(18)16-13-14-16/h7-8,10-11,16,19H,4-6,9,12-15H2,1-3H3. The smallest absolute Gasteiger partial charge is 0.0356 e. The second-order valence-corrected chi connectivity index (χ2v) is 7.99. The van der Waals surface area contributed by atoms with E-state index in [1.54, 1.807) is 11.1 Å². The molecule has 0 N–H and O–H groups in total. The molecule has 1 aliphatic heterocycles. The van der Waals surface area contributed by atoms with Crippen LogP contribution in [0.15, 0.2) is 24.3 Å². The maximum Gasteiger partial charge on any atom is 0.0356 e. The van der Waals surface area contributed by atoms with Crippen molar-refractivity contribution in [3.05, 3.63) is 35.4 Å². The molecule has 2 fully saturated rings. The zero-order valence-corrected chi connectivity index (χ0v) is 14.1. The van der Waals surface area contributed by atoms with Crippen LogP contribution in [0.4, 0.5) is 0 Å². The first-order valence-corrected chi connectivity index (χ1v) is 8.93. The van der Waals surface area contributed by atoms with E-state index in [2.05, 4.69) is 49.9 Å². The van der Waals surface area contributed by atoms with Gasteiger partial charge in [0.05, 0.1) is 0 Å².